The van der Waals surface area contributed by atoms with Gasteiger partial charge in [-0.15, -0.1) is 0 Å². The Bertz CT molecular complexity index is 523. The summed E-state index contributed by atoms with van der Waals surface area (Å²) in [6, 6.07) is 0. The standard InChI is InChI=1S/C12H16IN5/c1-3-5-14-11-10(4-2)12(16-8-15-11)18-7-9(13)6-17-18/h6-8H,3-5H2,1-2H3,(H,14,15,16). The lowest BCUT2D eigenvalue weighted by molar-refractivity contribution is 0.816. The van der Waals surface area contributed by atoms with Gasteiger partial charge in [-0.3, -0.25) is 0 Å². The Hall–Kier alpha value is -1.18. The minimum absolute atomic E-state index is 0.856. The molecule has 0 saturated carbocycles. The first-order valence-electron chi connectivity index (χ1n) is 6.04. The van der Waals surface area contributed by atoms with Crippen LogP contribution in [0, 0.1) is 3.57 Å². The summed E-state index contributed by atoms with van der Waals surface area (Å²) in [6.45, 7) is 5.16. The van der Waals surface area contributed by atoms with Crippen molar-refractivity contribution in [3.63, 3.8) is 0 Å². The molecule has 0 bridgehead atoms. The van der Waals surface area contributed by atoms with E-state index in [2.05, 4.69) is 56.8 Å². The largest absolute Gasteiger partial charge is 0.370 e. The van der Waals surface area contributed by atoms with E-state index in [-0.39, 0.29) is 0 Å². The van der Waals surface area contributed by atoms with Gasteiger partial charge in [-0.05, 0) is 35.4 Å². The number of halogens is 1. The third-order valence-electron chi connectivity index (χ3n) is 2.59. The lowest BCUT2D eigenvalue weighted by Gasteiger charge is -2.12. The third-order valence-corrected chi connectivity index (χ3v) is 3.14. The van der Waals surface area contributed by atoms with E-state index < -0.39 is 0 Å². The molecule has 2 rings (SSSR count). The summed E-state index contributed by atoms with van der Waals surface area (Å²) in [5.41, 5.74) is 1.10. The molecule has 0 saturated heterocycles. The maximum absolute atomic E-state index is 4.35. The van der Waals surface area contributed by atoms with Crippen LogP contribution >= 0.6 is 22.6 Å². The molecule has 0 unspecified atom stereocenters. The number of aromatic nitrogens is 4. The van der Waals surface area contributed by atoms with Crippen molar-refractivity contribution in [3.8, 4) is 5.82 Å². The molecule has 0 spiro atoms. The van der Waals surface area contributed by atoms with Crippen LogP contribution in [-0.2, 0) is 6.42 Å². The van der Waals surface area contributed by atoms with Crippen molar-refractivity contribution in [1.29, 1.82) is 0 Å². The van der Waals surface area contributed by atoms with Crippen LogP contribution in [0.15, 0.2) is 18.7 Å². The average molecular weight is 357 g/mol. The zero-order valence-electron chi connectivity index (χ0n) is 10.5. The molecule has 0 aliphatic heterocycles. The second-order valence-electron chi connectivity index (χ2n) is 3.91. The van der Waals surface area contributed by atoms with E-state index in [0.29, 0.717) is 0 Å². The summed E-state index contributed by atoms with van der Waals surface area (Å²) in [6.07, 6.45) is 7.31. The fraction of sp³-hybridized carbons (Fsp3) is 0.417. The zero-order chi connectivity index (χ0) is 13.0. The highest BCUT2D eigenvalue weighted by atomic mass is 127. The highest BCUT2D eigenvalue weighted by Gasteiger charge is 2.11. The molecule has 1 N–H and O–H groups in total. The summed E-state index contributed by atoms with van der Waals surface area (Å²) in [5.74, 6) is 1.77. The summed E-state index contributed by atoms with van der Waals surface area (Å²) in [5, 5.41) is 7.64. The Labute approximate surface area is 120 Å². The van der Waals surface area contributed by atoms with Gasteiger partial charge in [-0.2, -0.15) is 5.10 Å². The van der Waals surface area contributed by atoms with E-state index in [1.54, 1.807) is 11.0 Å². The van der Waals surface area contributed by atoms with E-state index in [9.17, 15) is 0 Å². The first kappa shape index (κ1) is 13.3. The average Bonchev–Trinajstić information content (AvgIpc) is 2.82. The van der Waals surface area contributed by atoms with Crippen molar-refractivity contribution < 1.29 is 0 Å². The van der Waals surface area contributed by atoms with E-state index in [4.69, 9.17) is 0 Å². The fourth-order valence-corrected chi connectivity index (χ4v) is 2.13. The molecular formula is C12H16IN5. The summed E-state index contributed by atoms with van der Waals surface area (Å²) >= 11 is 2.24. The van der Waals surface area contributed by atoms with Gasteiger partial charge < -0.3 is 5.32 Å². The number of anilines is 1. The van der Waals surface area contributed by atoms with Gasteiger partial charge in [0.2, 0.25) is 0 Å². The van der Waals surface area contributed by atoms with Gasteiger partial charge in [0, 0.05) is 18.3 Å². The molecule has 0 aliphatic rings. The molecule has 0 aliphatic carbocycles. The number of rotatable bonds is 5. The number of hydrogen-bond donors (Lipinski definition) is 1. The van der Waals surface area contributed by atoms with E-state index in [0.717, 1.165) is 40.2 Å². The lowest BCUT2D eigenvalue weighted by atomic mass is 10.2. The molecule has 6 heteroatoms. The van der Waals surface area contributed by atoms with Gasteiger partial charge in [0.1, 0.15) is 12.1 Å². The first-order valence-corrected chi connectivity index (χ1v) is 7.12. The van der Waals surface area contributed by atoms with Crippen molar-refractivity contribution in [2.45, 2.75) is 26.7 Å². The van der Waals surface area contributed by atoms with Crippen LogP contribution in [0.3, 0.4) is 0 Å². The first-order chi connectivity index (χ1) is 8.76. The molecule has 0 fully saturated rings. The monoisotopic (exact) mass is 357 g/mol. The van der Waals surface area contributed by atoms with Crippen molar-refractivity contribution >= 4 is 28.4 Å². The Kier molecular flexibility index (Phi) is 4.51. The molecule has 0 atom stereocenters. The SMILES string of the molecule is CCCNc1ncnc(-n2cc(I)cn2)c1CC. The van der Waals surface area contributed by atoms with E-state index in [1.807, 2.05) is 12.4 Å². The minimum Gasteiger partial charge on any atom is -0.370 e. The van der Waals surface area contributed by atoms with Gasteiger partial charge in [0.15, 0.2) is 5.82 Å². The summed E-state index contributed by atoms with van der Waals surface area (Å²) in [7, 11) is 0. The second kappa shape index (κ2) is 6.12. The van der Waals surface area contributed by atoms with Crippen LogP contribution in [0.25, 0.3) is 5.82 Å². The van der Waals surface area contributed by atoms with Crippen LogP contribution in [0.1, 0.15) is 25.8 Å². The summed E-state index contributed by atoms with van der Waals surface area (Å²) < 4.78 is 2.90. The molecule has 18 heavy (non-hydrogen) atoms. The van der Waals surface area contributed by atoms with Gasteiger partial charge >= 0.3 is 0 Å². The molecule has 5 nitrogen and oxygen atoms in total. The number of nitrogens with zero attached hydrogens (tertiary/aromatic N) is 4. The quantitative estimate of drug-likeness (QED) is 0.836. The van der Waals surface area contributed by atoms with Crippen LogP contribution in [0.5, 0.6) is 0 Å². The summed E-state index contributed by atoms with van der Waals surface area (Å²) in [4.78, 5) is 8.66. The van der Waals surface area contributed by atoms with Crippen molar-refractivity contribution in [3.05, 3.63) is 27.9 Å². The molecule has 2 aromatic heterocycles. The Morgan fingerprint density at radius 1 is 1.33 bits per heavy atom. The molecule has 0 amide bonds. The van der Waals surface area contributed by atoms with Gasteiger partial charge in [-0.25, -0.2) is 14.6 Å². The zero-order valence-corrected chi connectivity index (χ0v) is 12.7. The second-order valence-corrected chi connectivity index (χ2v) is 5.15. The molecule has 2 aromatic rings. The van der Waals surface area contributed by atoms with E-state index in [1.165, 1.54) is 0 Å². The van der Waals surface area contributed by atoms with Crippen molar-refractivity contribution in [1.82, 2.24) is 19.7 Å². The maximum atomic E-state index is 4.35. The molecule has 0 radical (unpaired) electrons. The van der Waals surface area contributed by atoms with Crippen LogP contribution in [0.4, 0.5) is 5.82 Å². The normalized spacial score (nSPS) is 10.6. The lowest BCUT2D eigenvalue weighted by Crippen LogP contribution is -2.10. The Balaban J connectivity index is 2.41. The molecule has 0 aromatic carbocycles. The predicted octanol–water partition coefficient (Wildman–Crippen LogP) is 2.65. The minimum atomic E-state index is 0.856. The van der Waals surface area contributed by atoms with Gasteiger partial charge in [0.25, 0.3) is 0 Å². The third kappa shape index (κ3) is 2.80. The Morgan fingerprint density at radius 3 is 2.78 bits per heavy atom. The Morgan fingerprint density at radius 2 is 2.17 bits per heavy atom. The number of hydrogen-bond acceptors (Lipinski definition) is 4. The van der Waals surface area contributed by atoms with Crippen LogP contribution in [0.2, 0.25) is 0 Å². The number of nitrogens with one attached hydrogen (secondary N) is 1. The molecule has 2 heterocycles. The van der Waals surface area contributed by atoms with Gasteiger partial charge in [0.05, 0.1) is 9.77 Å². The van der Waals surface area contributed by atoms with Crippen LogP contribution < -0.4 is 5.32 Å². The maximum Gasteiger partial charge on any atom is 0.161 e. The highest BCUT2D eigenvalue weighted by molar-refractivity contribution is 14.1. The van der Waals surface area contributed by atoms with Crippen molar-refractivity contribution in [2.75, 3.05) is 11.9 Å². The fourth-order valence-electron chi connectivity index (χ4n) is 1.74. The highest BCUT2D eigenvalue weighted by Crippen LogP contribution is 2.19. The van der Waals surface area contributed by atoms with Gasteiger partial charge in [-0.1, -0.05) is 13.8 Å². The van der Waals surface area contributed by atoms with E-state index >= 15 is 0 Å². The molecular weight excluding hydrogens is 341 g/mol. The smallest absolute Gasteiger partial charge is 0.161 e. The van der Waals surface area contributed by atoms with Crippen LogP contribution in [-0.4, -0.2) is 26.3 Å². The topological polar surface area (TPSA) is 55.6 Å². The molecule has 96 valence electrons. The predicted molar refractivity (Wildman–Crippen MR) is 80.0 cm³/mol. The van der Waals surface area contributed by atoms with Crippen molar-refractivity contribution in [2.24, 2.45) is 0 Å².